The van der Waals surface area contributed by atoms with Crippen molar-refractivity contribution in [2.24, 2.45) is 5.10 Å². The lowest BCUT2D eigenvalue weighted by atomic mass is 9.98. The second-order valence-corrected chi connectivity index (χ2v) is 11.5. The minimum Gasteiger partial charge on any atom is -0.497 e. The lowest BCUT2D eigenvalue weighted by molar-refractivity contribution is 0.0711. The Labute approximate surface area is 277 Å². The molecule has 8 nitrogen and oxygen atoms in total. The summed E-state index contributed by atoms with van der Waals surface area (Å²) in [5.41, 5.74) is 6.47. The maximum absolute atomic E-state index is 14.0. The van der Waals surface area contributed by atoms with Gasteiger partial charge in [0.15, 0.2) is 0 Å². The zero-order valence-corrected chi connectivity index (χ0v) is 26.5. The highest BCUT2D eigenvalue weighted by Crippen LogP contribution is 2.36. The van der Waals surface area contributed by atoms with E-state index in [1.165, 1.54) is 0 Å². The molecule has 5 aromatic carbocycles. The third kappa shape index (κ3) is 6.23. The molecule has 0 bridgehead atoms. The molecule has 0 spiro atoms. The molecule has 6 aromatic rings. The molecular formula is C38H30ClN5O3. The van der Waals surface area contributed by atoms with Crippen LogP contribution in [-0.2, 0) is 0 Å². The molecule has 47 heavy (non-hydrogen) atoms. The lowest BCUT2D eigenvalue weighted by Crippen LogP contribution is -2.27. The van der Waals surface area contributed by atoms with Gasteiger partial charge in [-0.1, -0.05) is 54.1 Å². The first kappa shape index (κ1) is 30.0. The number of ether oxygens (including phenoxy) is 2. The molecule has 9 heteroatoms. The van der Waals surface area contributed by atoms with E-state index in [9.17, 15) is 4.79 Å². The number of amides is 1. The lowest BCUT2D eigenvalue weighted by Gasteiger charge is -2.22. The van der Waals surface area contributed by atoms with Crippen LogP contribution in [0.3, 0.4) is 0 Å². The molecule has 0 radical (unpaired) electrons. The van der Waals surface area contributed by atoms with Gasteiger partial charge in [-0.15, -0.1) is 0 Å². The van der Waals surface area contributed by atoms with Crippen LogP contribution in [-0.4, -0.2) is 40.8 Å². The number of methoxy groups -OCH3 is 2. The number of hydrogen-bond acceptors (Lipinski definition) is 7. The third-order valence-electron chi connectivity index (χ3n) is 8.14. The van der Waals surface area contributed by atoms with Crippen LogP contribution in [0.15, 0.2) is 126 Å². The second-order valence-electron chi connectivity index (χ2n) is 11.0. The Morgan fingerprint density at radius 1 is 0.787 bits per heavy atom. The molecule has 1 amide bonds. The number of fused-ring (bicyclic) bond motifs is 1. The van der Waals surface area contributed by atoms with Crippen LogP contribution < -0.4 is 14.8 Å². The third-order valence-corrected chi connectivity index (χ3v) is 8.37. The topological polar surface area (TPSA) is 88.9 Å². The number of halogens is 1. The Kier molecular flexibility index (Phi) is 8.25. The average molecular weight is 640 g/mol. The van der Waals surface area contributed by atoms with Gasteiger partial charge in [0, 0.05) is 33.6 Å². The highest BCUT2D eigenvalue weighted by atomic mass is 35.5. The summed E-state index contributed by atoms with van der Waals surface area (Å²) in [5, 5.41) is 11.2. The van der Waals surface area contributed by atoms with E-state index in [1.807, 2.05) is 109 Å². The van der Waals surface area contributed by atoms with E-state index in [-0.39, 0.29) is 11.9 Å². The minimum absolute atomic E-state index is 0.203. The maximum atomic E-state index is 14.0. The summed E-state index contributed by atoms with van der Waals surface area (Å²) in [7, 11) is 3.27. The van der Waals surface area contributed by atoms with Gasteiger partial charge in [0.1, 0.15) is 11.5 Å². The van der Waals surface area contributed by atoms with Crippen LogP contribution in [0.1, 0.15) is 33.9 Å². The van der Waals surface area contributed by atoms with Crippen LogP contribution >= 0.6 is 11.6 Å². The van der Waals surface area contributed by atoms with Crippen molar-refractivity contribution in [1.29, 1.82) is 0 Å². The maximum Gasteiger partial charge on any atom is 0.274 e. The number of benzene rings is 5. The number of rotatable bonds is 8. The number of carbonyl (C=O) groups excluding carboxylic acids is 1. The first-order valence-electron chi connectivity index (χ1n) is 15.1. The monoisotopic (exact) mass is 639 g/mol. The number of hydrogen-bond donors (Lipinski definition) is 1. The van der Waals surface area contributed by atoms with Gasteiger partial charge in [-0.05, 0) is 90.0 Å². The van der Waals surface area contributed by atoms with E-state index in [0.29, 0.717) is 23.0 Å². The van der Waals surface area contributed by atoms with Crippen molar-refractivity contribution >= 4 is 45.8 Å². The van der Waals surface area contributed by atoms with Gasteiger partial charge >= 0.3 is 0 Å². The smallest absolute Gasteiger partial charge is 0.274 e. The molecule has 2 heterocycles. The molecule has 1 atom stereocenters. The molecule has 0 fully saturated rings. The number of aromatic nitrogens is 2. The fourth-order valence-corrected chi connectivity index (χ4v) is 5.84. The highest BCUT2D eigenvalue weighted by molar-refractivity contribution is 6.31. The molecule has 1 aromatic heterocycles. The van der Waals surface area contributed by atoms with Crippen molar-refractivity contribution in [3.8, 4) is 22.8 Å². The van der Waals surface area contributed by atoms with Crippen LogP contribution in [0, 0.1) is 0 Å². The second kappa shape index (κ2) is 12.9. The quantitative estimate of drug-likeness (QED) is 0.179. The van der Waals surface area contributed by atoms with Crippen molar-refractivity contribution < 1.29 is 14.3 Å². The zero-order valence-electron chi connectivity index (χ0n) is 25.7. The summed E-state index contributed by atoms with van der Waals surface area (Å²) in [6.07, 6.45) is 0.568. The fraction of sp³-hybridized carbons (Fsp3) is 0.105. The van der Waals surface area contributed by atoms with E-state index in [2.05, 4.69) is 5.32 Å². The Morgan fingerprint density at radius 3 is 2.15 bits per heavy atom. The summed E-state index contributed by atoms with van der Waals surface area (Å²) in [4.78, 5) is 23.6. The molecule has 232 valence electrons. The van der Waals surface area contributed by atoms with Gasteiger partial charge in [-0.25, -0.2) is 15.0 Å². The molecule has 0 unspecified atom stereocenters. The van der Waals surface area contributed by atoms with Gasteiger partial charge in [0.2, 0.25) is 5.95 Å². The van der Waals surface area contributed by atoms with E-state index in [1.54, 1.807) is 31.4 Å². The number of carbonyl (C=O) groups is 1. The summed E-state index contributed by atoms with van der Waals surface area (Å²) < 4.78 is 10.7. The van der Waals surface area contributed by atoms with E-state index < -0.39 is 0 Å². The predicted molar refractivity (Wildman–Crippen MR) is 186 cm³/mol. The Hall–Kier alpha value is -5.73. The van der Waals surface area contributed by atoms with Crippen molar-refractivity contribution in [3.63, 3.8) is 0 Å². The van der Waals surface area contributed by atoms with E-state index >= 15 is 0 Å². The molecule has 7 rings (SSSR count). The van der Waals surface area contributed by atoms with Crippen LogP contribution in [0.25, 0.3) is 22.2 Å². The van der Waals surface area contributed by atoms with Gasteiger partial charge in [-0.3, -0.25) is 4.79 Å². The summed E-state index contributed by atoms with van der Waals surface area (Å²) in [6.45, 7) is 0. The highest BCUT2D eigenvalue weighted by Gasteiger charge is 2.33. The van der Waals surface area contributed by atoms with Crippen molar-refractivity contribution in [2.75, 3.05) is 19.5 Å². The average Bonchev–Trinajstić information content (AvgIpc) is 3.57. The number of anilines is 2. The van der Waals surface area contributed by atoms with Gasteiger partial charge < -0.3 is 14.8 Å². The summed E-state index contributed by atoms with van der Waals surface area (Å²) >= 11 is 6.32. The Bertz CT molecular complexity index is 2080. The zero-order chi connectivity index (χ0) is 32.3. The predicted octanol–water partition coefficient (Wildman–Crippen LogP) is 8.70. The molecular weight excluding hydrogens is 610 g/mol. The van der Waals surface area contributed by atoms with Gasteiger partial charge in [0.25, 0.3) is 5.91 Å². The number of hydrazone groups is 1. The molecule has 0 saturated carbocycles. The SMILES string of the molecule is COc1ccc(C2=NN(C(=O)c3ccc(Nc4nc(-c5ccccc5)c5cc(Cl)ccc5n4)cc3)[C@@H](c3ccc(OC)cc3)C2)cc1. The summed E-state index contributed by atoms with van der Waals surface area (Å²) in [5.74, 6) is 1.74. The standard InChI is InChI=1S/C38H30ClN5O3/c1-46-30-17-10-24(11-18-30)34-23-35(25-12-19-31(47-2)20-13-25)44(43-34)37(45)27-8-15-29(16-9-27)40-38-41-33-21-14-28(39)22-32(33)36(42-38)26-6-4-3-5-7-26/h3-22,35H,23H2,1-2H3,(H,40,41,42)/t35-/m1/s1. The molecule has 1 aliphatic rings. The number of nitrogens with one attached hydrogen (secondary N) is 1. The van der Waals surface area contributed by atoms with Crippen LogP contribution in [0.2, 0.25) is 5.02 Å². The Balaban J connectivity index is 1.17. The molecule has 1 aliphatic heterocycles. The summed E-state index contributed by atoms with van der Waals surface area (Å²) in [6, 6.07) is 38.0. The molecule has 0 aliphatic carbocycles. The fourth-order valence-electron chi connectivity index (χ4n) is 5.67. The van der Waals surface area contributed by atoms with Crippen LogP contribution in [0.5, 0.6) is 11.5 Å². The van der Waals surface area contributed by atoms with Crippen molar-refractivity contribution in [2.45, 2.75) is 12.5 Å². The molecule has 0 saturated heterocycles. The minimum atomic E-state index is -0.278. The largest absolute Gasteiger partial charge is 0.497 e. The first-order valence-corrected chi connectivity index (χ1v) is 15.5. The van der Waals surface area contributed by atoms with Crippen LogP contribution in [0.4, 0.5) is 11.6 Å². The van der Waals surface area contributed by atoms with Gasteiger partial charge in [-0.2, -0.15) is 5.10 Å². The van der Waals surface area contributed by atoms with E-state index in [0.717, 1.165) is 56.2 Å². The normalized spacial score (nSPS) is 14.1. The van der Waals surface area contributed by atoms with Crippen molar-refractivity contribution in [3.05, 3.63) is 143 Å². The Morgan fingerprint density at radius 2 is 1.47 bits per heavy atom. The van der Waals surface area contributed by atoms with Gasteiger partial charge in [0.05, 0.1) is 37.2 Å². The van der Waals surface area contributed by atoms with E-state index in [4.69, 9.17) is 36.1 Å². The number of nitrogens with zero attached hydrogens (tertiary/aromatic N) is 4. The molecule has 1 N–H and O–H groups in total. The van der Waals surface area contributed by atoms with Crippen molar-refractivity contribution in [1.82, 2.24) is 15.0 Å². The first-order chi connectivity index (χ1) is 23.0.